The van der Waals surface area contributed by atoms with Crippen LogP contribution in [0.5, 0.6) is 5.75 Å². The second-order valence-corrected chi connectivity index (χ2v) is 7.79. The van der Waals surface area contributed by atoms with Crippen LogP contribution in [0.4, 0.5) is 5.82 Å². The second kappa shape index (κ2) is 9.69. The molecule has 0 aliphatic carbocycles. The molecule has 0 atom stereocenters. The summed E-state index contributed by atoms with van der Waals surface area (Å²) in [6.07, 6.45) is 1.82. The van der Waals surface area contributed by atoms with Crippen molar-refractivity contribution in [2.24, 2.45) is 0 Å². The molecule has 3 aromatic carbocycles. The van der Waals surface area contributed by atoms with E-state index in [4.69, 9.17) is 27.9 Å². The van der Waals surface area contributed by atoms with Crippen LogP contribution < -0.4 is 10.1 Å². The van der Waals surface area contributed by atoms with Crippen molar-refractivity contribution in [1.82, 2.24) is 9.78 Å². The van der Waals surface area contributed by atoms with Crippen LogP contribution in [0.15, 0.2) is 85.1 Å². The summed E-state index contributed by atoms with van der Waals surface area (Å²) in [5.74, 6) is 0.970. The zero-order valence-electron chi connectivity index (χ0n) is 16.5. The normalized spacial score (nSPS) is 10.6. The number of benzene rings is 3. The van der Waals surface area contributed by atoms with Crippen LogP contribution in [0.2, 0.25) is 10.0 Å². The summed E-state index contributed by atoms with van der Waals surface area (Å²) in [5.41, 5.74) is 2.49. The van der Waals surface area contributed by atoms with Gasteiger partial charge in [0.1, 0.15) is 12.4 Å². The van der Waals surface area contributed by atoms with E-state index in [1.165, 1.54) is 0 Å². The van der Waals surface area contributed by atoms with Gasteiger partial charge in [0.05, 0.1) is 6.54 Å². The minimum atomic E-state index is -0.231. The van der Waals surface area contributed by atoms with E-state index in [1.807, 2.05) is 42.6 Å². The predicted molar refractivity (Wildman–Crippen MR) is 123 cm³/mol. The first-order valence-corrected chi connectivity index (χ1v) is 10.4. The predicted octanol–water partition coefficient (Wildman–Crippen LogP) is 6.07. The first kappa shape index (κ1) is 21.0. The van der Waals surface area contributed by atoms with E-state index in [-0.39, 0.29) is 5.91 Å². The molecule has 0 aliphatic heterocycles. The first-order valence-electron chi connectivity index (χ1n) is 9.62. The lowest BCUT2D eigenvalue weighted by atomic mass is 10.1. The van der Waals surface area contributed by atoms with Crippen molar-refractivity contribution in [3.05, 3.63) is 112 Å². The summed E-state index contributed by atoms with van der Waals surface area (Å²) in [5, 5.41) is 8.60. The van der Waals surface area contributed by atoms with Gasteiger partial charge < -0.3 is 10.1 Å². The molecule has 0 radical (unpaired) electrons. The number of carbonyl (C=O) groups excluding carboxylic acids is 1. The highest BCUT2D eigenvalue weighted by Crippen LogP contribution is 2.18. The number of rotatable bonds is 7. The van der Waals surface area contributed by atoms with Gasteiger partial charge in [0.15, 0.2) is 5.82 Å². The Morgan fingerprint density at radius 2 is 1.61 bits per heavy atom. The summed E-state index contributed by atoms with van der Waals surface area (Å²) >= 11 is 11.8. The molecule has 0 spiro atoms. The zero-order valence-corrected chi connectivity index (χ0v) is 18.0. The molecule has 1 aromatic heterocycles. The Morgan fingerprint density at radius 3 is 2.35 bits per heavy atom. The quantitative estimate of drug-likeness (QED) is 0.370. The van der Waals surface area contributed by atoms with Crippen molar-refractivity contribution < 1.29 is 9.53 Å². The molecule has 0 saturated heterocycles. The fourth-order valence-electron chi connectivity index (χ4n) is 2.98. The third-order valence-electron chi connectivity index (χ3n) is 4.55. The van der Waals surface area contributed by atoms with Crippen LogP contribution in [-0.2, 0) is 13.2 Å². The highest BCUT2D eigenvalue weighted by Gasteiger charge is 2.09. The highest BCUT2D eigenvalue weighted by atomic mass is 35.5. The fourth-order valence-corrected chi connectivity index (χ4v) is 3.23. The number of ether oxygens (including phenoxy) is 1. The lowest BCUT2D eigenvalue weighted by Gasteiger charge is -2.08. The van der Waals surface area contributed by atoms with E-state index in [2.05, 4.69) is 10.4 Å². The van der Waals surface area contributed by atoms with Gasteiger partial charge in [-0.1, -0.05) is 47.5 Å². The lowest BCUT2D eigenvalue weighted by Crippen LogP contribution is -2.13. The summed E-state index contributed by atoms with van der Waals surface area (Å²) < 4.78 is 7.51. The number of amides is 1. The van der Waals surface area contributed by atoms with Gasteiger partial charge in [-0.25, -0.2) is 0 Å². The standard InChI is InChI=1S/C24H19Cl2N3O2/c25-20-6-4-17(5-7-20)15-29-13-12-23(28-29)27-24(30)19-3-1-2-18(14-19)16-31-22-10-8-21(26)9-11-22/h1-14H,15-16H2,(H,27,28,30). The monoisotopic (exact) mass is 451 g/mol. The van der Waals surface area contributed by atoms with E-state index in [0.717, 1.165) is 11.1 Å². The summed E-state index contributed by atoms with van der Waals surface area (Å²) in [7, 11) is 0. The summed E-state index contributed by atoms with van der Waals surface area (Å²) in [6.45, 7) is 0.934. The molecule has 0 aliphatic rings. The minimum absolute atomic E-state index is 0.231. The van der Waals surface area contributed by atoms with Gasteiger partial charge in [-0.2, -0.15) is 5.10 Å². The van der Waals surface area contributed by atoms with E-state index in [1.54, 1.807) is 47.1 Å². The maximum atomic E-state index is 12.7. The lowest BCUT2D eigenvalue weighted by molar-refractivity contribution is 0.102. The Morgan fingerprint density at radius 1 is 0.903 bits per heavy atom. The molecule has 31 heavy (non-hydrogen) atoms. The molecule has 0 unspecified atom stereocenters. The largest absolute Gasteiger partial charge is 0.489 e. The minimum Gasteiger partial charge on any atom is -0.489 e. The zero-order chi connectivity index (χ0) is 21.6. The van der Waals surface area contributed by atoms with E-state index in [9.17, 15) is 4.79 Å². The van der Waals surface area contributed by atoms with Gasteiger partial charge >= 0.3 is 0 Å². The molecule has 7 heteroatoms. The Balaban J connectivity index is 1.36. The van der Waals surface area contributed by atoms with Gasteiger partial charge in [0.25, 0.3) is 5.91 Å². The Kier molecular flexibility index (Phi) is 6.55. The number of anilines is 1. The van der Waals surface area contributed by atoms with Crippen LogP contribution in [0, 0.1) is 0 Å². The number of halogens is 2. The van der Waals surface area contributed by atoms with Crippen molar-refractivity contribution >= 4 is 34.9 Å². The smallest absolute Gasteiger partial charge is 0.256 e. The number of hydrogen-bond donors (Lipinski definition) is 1. The average molecular weight is 452 g/mol. The van der Waals surface area contributed by atoms with Crippen molar-refractivity contribution in [3.63, 3.8) is 0 Å². The Bertz CT molecular complexity index is 1170. The molecular weight excluding hydrogens is 433 g/mol. The number of aromatic nitrogens is 2. The number of nitrogens with zero attached hydrogens (tertiary/aromatic N) is 2. The molecule has 1 N–H and O–H groups in total. The molecule has 1 amide bonds. The third-order valence-corrected chi connectivity index (χ3v) is 5.05. The van der Waals surface area contributed by atoms with Crippen molar-refractivity contribution in [2.45, 2.75) is 13.2 Å². The van der Waals surface area contributed by atoms with Crippen LogP contribution >= 0.6 is 23.2 Å². The van der Waals surface area contributed by atoms with Crippen LogP contribution in [0.3, 0.4) is 0 Å². The number of hydrogen-bond acceptors (Lipinski definition) is 3. The SMILES string of the molecule is O=C(Nc1ccn(Cc2ccc(Cl)cc2)n1)c1cccc(COc2ccc(Cl)cc2)c1. The average Bonchev–Trinajstić information content (AvgIpc) is 3.22. The Hall–Kier alpha value is -3.28. The first-order chi connectivity index (χ1) is 15.0. The van der Waals surface area contributed by atoms with Crippen LogP contribution in [0.1, 0.15) is 21.5 Å². The molecule has 0 bridgehead atoms. The van der Waals surface area contributed by atoms with Gasteiger partial charge in [-0.3, -0.25) is 9.48 Å². The van der Waals surface area contributed by atoms with E-state index >= 15 is 0 Å². The molecule has 156 valence electrons. The maximum absolute atomic E-state index is 12.7. The van der Waals surface area contributed by atoms with Gasteiger partial charge in [-0.05, 0) is 59.7 Å². The van der Waals surface area contributed by atoms with Gasteiger partial charge in [0, 0.05) is 27.9 Å². The van der Waals surface area contributed by atoms with Crippen molar-refractivity contribution in [3.8, 4) is 5.75 Å². The molecular formula is C24H19Cl2N3O2. The van der Waals surface area contributed by atoms with Crippen molar-refractivity contribution in [2.75, 3.05) is 5.32 Å². The molecule has 0 fully saturated rings. The van der Waals surface area contributed by atoms with Crippen LogP contribution in [0.25, 0.3) is 0 Å². The summed E-state index contributed by atoms with van der Waals surface area (Å²) in [4.78, 5) is 12.7. The maximum Gasteiger partial charge on any atom is 0.256 e. The third kappa shape index (κ3) is 5.87. The molecule has 4 rings (SSSR count). The molecule has 4 aromatic rings. The van der Waals surface area contributed by atoms with Gasteiger partial charge in [-0.15, -0.1) is 0 Å². The van der Waals surface area contributed by atoms with E-state index < -0.39 is 0 Å². The van der Waals surface area contributed by atoms with Crippen molar-refractivity contribution in [1.29, 1.82) is 0 Å². The number of nitrogens with one attached hydrogen (secondary N) is 1. The number of carbonyl (C=O) groups is 1. The topological polar surface area (TPSA) is 56.2 Å². The summed E-state index contributed by atoms with van der Waals surface area (Å²) in [6, 6.07) is 23.8. The molecule has 5 nitrogen and oxygen atoms in total. The second-order valence-electron chi connectivity index (χ2n) is 6.92. The fraction of sp³-hybridized carbons (Fsp3) is 0.0833. The van der Waals surface area contributed by atoms with Gasteiger partial charge in [0.2, 0.25) is 0 Å². The Labute approximate surface area is 190 Å². The highest BCUT2D eigenvalue weighted by molar-refractivity contribution is 6.30. The molecule has 0 saturated carbocycles. The van der Waals surface area contributed by atoms with E-state index in [0.29, 0.717) is 40.3 Å². The van der Waals surface area contributed by atoms with Crippen LogP contribution in [-0.4, -0.2) is 15.7 Å². The molecule has 1 heterocycles.